The number of carbonyl (C=O) groups excluding carboxylic acids is 1. The standard InChI is InChI=1S/C21H27ClN2O5S/c1-7-8-29-20-17(22)10-15(11-19(20)28-6)21(25)23-18-12-16(9-13(2)14(18)3)30(26,27)24(4)5/h9-12H,7-8H2,1-6H3,(H,23,25). The summed E-state index contributed by atoms with van der Waals surface area (Å²) in [5.74, 6) is 0.278. The van der Waals surface area contributed by atoms with E-state index in [1.807, 2.05) is 13.8 Å². The maximum atomic E-state index is 12.9. The van der Waals surface area contributed by atoms with Crippen molar-refractivity contribution in [3.63, 3.8) is 0 Å². The minimum absolute atomic E-state index is 0.102. The molecule has 0 spiro atoms. The van der Waals surface area contributed by atoms with E-state index in [9.17, 15) is 13.2 Å². The zero-order valence-electron chi connectivity index (χ0n) is 18.0. The number of hydrogen-bond acceptors (Lipinski definition) is 5. The number of nitrogens with zero attached hydrogens (tertiary/aromatic N) is 1. The minimum Gasteiger partial charge on any atom is -0.493 e. The highest BCUT2D eigenvalue weighted by Gasteiger charge is 2.21. The van der Waals surface area contributed by atoms with E-state index in [0.717, 1.165) is 21.9 Å². The molecule has 2 aromatic carbocycles. The summed E-state index contributed by atoms with van der Waals surface area (Å²) in [6.07, 6.45) is 0.798. The van der Waals surface area contributed by atoms with Crippen LogP contribution in [0.15, 0.2) is 29.2 Å². The SMILES string of the molecule is CCCOc1c(Cl)cc(C(=O)Nc2cc(S(=O)(=O)N(C)C)cc(C)c2C)cc1OC. The van der Waals surface area contributed by atoms with E-state index in [2.05, 4.69) is 5.32 Å². The zero-order chi connectivity index (χ0) is 22.6. The molecular formula is C21H27ClN2O5S. The van der Waals surface area contributed by atoms with Crippen molar-refractivity contribution >= 4 is 33.2 Å². The molecule has 1 amide bonds. The van der Waals surface area contributed by atoms with Gasteiger partial charge in [0.25, 0.3) is 5.91 Å². The predicted molar refractivity (Wildman–Crippen MR) is 119 cm³/mol. The average Bonchev–Trinajstić information content (AvgIpc) is 2.69. The van der Waals surface area contributed by atoms with Gasteiger partial charge in [-0.3, -0.25) is 4.79 Å². The lowest BCUT2D eigenvalue weighted by atomic mass is 10.1. The number of hydrogen-bond donors (Lipinski definition) is 1. The van der Waals surface area contributed by atoms with Crippen LogP contribution in [0.2, 0.25) is 5.02 Å². The molecule has 0 aliphatic rings. The number of carbonyl (C=O) groups is 1. The number of nitrogens with one attached hydrogen (secondary N) is 1. The summed E-state index contributed by atoms with van der Waals surface area (Å²) in [4.78, 5) is 13.0. The molecular weight excluding hydrogens is 428 g/mol. The molecule has 30 heavy (non-hydrogen) atoms. The highest BCUT2D eigenvalue weighted by molar-refractivity contribution is 7.89. The maximum Gasteiger partial charge on any atom is 0.255 e. The molecule has 0 saturated carbocycles. The van der Waals surface area contributed by atoms with Crippen LogP contribution in [0, 0.1) is 13.8 Å². The molecule has 164 valence electrons. The van der Waals surface area contributed by atoms with Gasteiger partial charge in [0.05, 0.1) is 23.6 Å². The van der Waals surface area contributed by atoms with Crippen LogP contribution in [0.5, 0.6) is 11.5 Å². The Bertz CT molecular complexity index is 1050. The van der Waals surface area contributed by atoms with Crippen LogP contribution in [0.25, 0.3) is 0 Å². The third kappa shape index (κ3) is 5.06. The number of sulfonamides is 1. The van der Waals surface area contributed by atoms with Crippen LogP contribution < -0.4 is 14.8 Å². The smallest absolute Gasteiger partial charge is 0.255 e. The lowest BCUT2D eigenvalue weighted by Gasteiger charge is -2.17. The summed E-state index contributed by atoms with van der Waals surface area (Å²) >= 11 is 6.30. The second-order valence-corrected chi connectivity index (χ2v) is 9.55. The Balaban J connectivity index is 2.43. The van der Waals surface area contributed by atoms with Crippen LogP contribution in [-0.4, -0.2) is 46.4 Å². The van der Waals surface area contributed by atoms with Gasteiger partial charge in [-0.05, 0) is 55.7 Å². The molecule has 0 unspecified atom stereocenters. The van der Waals surface area contributed by atoms with Crippen molar-refractivity contribution in [3.8, 4) is 11.5 Å². The summed E-state index contributed by atoms with van der Waals surface area (Å²) in [5.41, 5.74) is 2.18. The second kappa shape index (κ2) is 9.68. The van der Waals surface area contributed by atoms with Gasteiger partial charge in [0, 0.05) is 25.3 Å². The fraction of sp³-hybridized carbons (Fsp3) is 0.381. The molecule has 0 aromatic heterocycles. The van der Waals surface area contributed by atoms with Crippen LogP contribution in [0.1, 0.15) is 34.8 Å². The summed E-state index contributed by atoms with van der Waals surface area (Å²) < 4.78 is 37.1. The van der Waals surface area contributed by atoms with Crippen LogP contribution >= 0.6 is 11.6 Å². The average molecular weight is 455 g/mol. The Morgan fingerprint density at radius 1 is 1.17 bits per heavy atom. The van der Waals surface area contributed by atoms with E-state index >= 15 is 0 Å². The molecule has 0 bridgehead atoms. The number of rotatable bonds is 8. The molecule has 0 atom stereocenters. The zero-order valence-corrected chi connectivity index (χ0v) is 19.6. The monoisotopic (exact) mass is 454 g/mol. The van der Waals surface area contributed by atoms with Gasteiger partial charge in [0.1, 0.15) is 0 Å². The summed E-state index contributed by atoms with van der Waals surface area (Å²) in [6.45, 7) is 6.04. The van der Waals surface area contributed by atoms with Crippen molar-refractivity contribution in [2.75, 3.05) is 33.1 Å². The van der Waals surface area contributed by atoms with Gasteiger partial charge in [-0.15, -0.1) is 0 Å². The molecule has 0 fully saturated rings. The van der Waals surface area contributed by atoms with Gasteiger partial charge in [-0.1, -0.05) is 18.5 Å². The van der Waals surface area contributed by atoms with Gasteiger partial charge >= 0.3 is 0 Å². The van der Waals surface area contributed by atoms with Crippen molar-refractivity contribution in [2.24, 2.45) is 0 Å². The first-order valence-electron chi connectivity index (χ1n) is 9.38. The van der Waals surface area contributed by atoms with E-state index in [1.54, 1.807) is 13.0 Å². The number of anilines is 1. The molecule has 0 saturated heterocycles. The number of amides is 1. The number of methoxy groups -OCH3 is 1. The van der Waals surface area contributed by atoms with Crippen molar-refractivity contribution in [1.29, 1.82) is 0 Å². The van der Waals surface area contributed by atoms with Crippen molar-refractivity contribution in [1.82, 2.24) is 4.31 Å². The molecule has 2 aromatic rings. The molecule has 7 nitrogen and oxygen atoms in total. The molecule has 0 radical (unpaired) electrons. The first kappa shape index (κ1) is 24.0. The Morgan fingerprint density at radius 2 is 1.83 bits per heavy atom. The number of benzene rings is 2. The molecule has 0 aliphatic carbocycles. The van der Waals surface area contributed by atoms with Gasteiger partial charge in [0.2, 0.25) is 10.0 Å². The number of aryl methyl sites for hydroxylation is 1. The van der Waals surface area contributed by atoms with Crippen LogP contribution in [0.4, 0.5) is 5.69 Å². The van der Waals surface area contributed by atoms with E-state index < -0.39 is 15.9 Å². The van der Waals surface area contributed by atoms with Gasteiger partial charge in [0.15, 0.2) is 11.5 Å². The van der Waals surface area contributed by atoms with E-state index in [1.165, 1.54) is 39.4 Å². The lowest BCUT2D eigenvalue weighted by molar-refractivity contribution is 0.102. The van der Waals surface area contributed by atoms with E-state index in [4.69, 9.17) is 21.1 Å². The molecule has 0 aliphatic heterocycles. The normalized spacial score (nSPS) is 11.5. The van der Waals surface area contributed by atoms with Crippen LogP contribution in [-0.2, 0) is 10.0 Å². The van der Waals surface area contributed by atoms with Crippen molar-refractivity contribution in [3.05, 3.63) is 46.0 Å². The van der Waals surface area contributed by atoms with Gasteiger partial charge in [-0.25, -0.2) is 12.7 Å². The second-order valence-electron chi connectivity index (χ2n) is 6.99. The fourth-order valence-corrected chi connectivity index (χ4v) is 3.98. The molecule has 1 N–H and O–H groups in total. The third-order valence-corrected chi connectivity index (χ3v) is 6.68. The Labute approximate surface area is 183 Å². The molecule has 2 rings (SSSR count). The van der Waals surface area contributed by atoms with Gasteiger partial charge in [-0.2, -0.15) is 0 Å². The third-order valence-electron chi connectivity index (χ3n) is 4.61. The van der Waals surface area contributed by atoms with Crippen LogP contribution in [0.3, 0.4) is 0 Å². The first-order valence-corrected chi connectivity index (χ1v) is 11.2. The molecule has 9 heteroatoms. The quantitative estimate of drug-likeness (QED) is 0.644. The number of halogens is 1. The van der Waals surface area contributed by atoms with Gasteiger partial charge < -0.3 is 14.8 Å². The summed E-state index contributed by atoms with van der Waals surface area (Å²) in [5, 5.41) is 3.04. The largest absolute Gasteiger partial charge is 0.493 e. The Kier molecular flexibility index (Phi) is 7.74. The topological polar surface area (TPSA) is 84.9 Å². The number of ether oxygens (including phenoxy) is 2. The first-order chi connectivity index (χ1) is 14.0. The maximum absolute atomic E-state index is 12.9. The predicted octanol–water partition coefficient (Wildman–Crippen LogP) is 4.26. The highest BCUT2D eigenvalue weighted by Crippen LogP contribution is 2.37. The summed E-state index contributed by atoms with van der Waals surface area (Å²) in [6, 6.07) is 6.06. The van der Waals surface area contributed by atoms with E-state index in [-0.39, 0.29) is 15.5 Å². The summed E-state index contributed by atoms with van der Waals surface area (Å²) in [7, 11) is 0.736. The van der Waals surface area contributed by atoms with Crippen molar-refractivity contribution in [2.45, 2.75) is 32.1 Å². The lowest BCUT2D eigenvalue weighted by Crippen LogP contribution is -2.23. The van der Waals surface area contributed by atoms with Crippen molar-refractivity contribution < 1.29 is 22.7 Å². The molecule has 0 heterocycles. The Morgan fingerprint density at radius 3 is 2.40 bits per heavy atom. The highest BCUT2D eigenvalue weighted by atomic mass is 35.5. The minimum atomic E-state index is -3.65. The Hall–Kier alpha value is -2.29. The van der Waals surface area contributed by atoms with E-state index in [0.29, 0.717) is 23.8 Å². The fourth-order valence-electron chi connectivity index (χ4n) is 2.71.